The number of carbonyl (C=O) groups is 2. The maximum Gasteiger partial charge on any atom is 0.243 e. The highest BCUT2D eigenvalue weighted by Gasteiger charge is 2.38. The van der Waals surface area contributed by atoms with E-state index in [1.165, 1.54) is 11.8 Å². The summed E-state index contributed by atoms with van der Waals surface area (Å²) in [6.45, 7) is 5.43. The second-order valence-corrected chi connectivity index (χ2v) is 8.32. The lowest BCUT2D eigenvalue weighted by Crippen LogP contribution is -2.59. The zero-order valence-electron chi connectivity index (χ0n) is 14.0. The van der Waals surface area contributed by atoms with Gasteiger partial charge in [-0.3, -0.25) is 14.6 Å². The third-order valence-corrected chi connectivity index (χ3v) is 5.90. The predicted molar refractivity (Wildman–Crippen MR) is 93.9 cm³/mol. The topological polar surface area (TPSA) is 87.2 Å². The molecule has 2 saturated heterocycles. The molecule has 8 heteroatoms. The number of hydrogen-bond donors (Lipinski definition) is 2. The average molecular weight is 349 g/mol. The van der Waals surface area contributed by atoms with Crippen LogP contribution in [0.25, 0.3) is 0 Å². The fourth-order valence-electron chi connectivity index (χ4n) is 2.88. The van der Waals surface area contributed by atoms with Gasteiger partial charge in [-0.05, 0) is 26.7 Å². The first-order valence-electron chi connectivity index (χ1n) is 8.22. The number of amides is 2. The molecule has 1 aromatic heterocycles. The minimum Gasteiger partial charge on any atom is -0.355 e. The first-order chi connectivity index (χ1) is 11.5. The average Bonchev–Trinajstić information content (AvgIpc) is 2.59. The van der Waals surface area contributed by atoms with Gasteiger partial charge in [0, 0.05) is 37.3 Å². The monoisotopic (exact) mass is 349 g/mol. The molecule has 1 aromatic rings. The van der Waals surface area contributed by atoms with Crippen LogP contribution in [0.1, 0.15) is 26.7 Å². The fourth-order valence-corrected chi connectivity index (χ4v) is 3.89. The Morgan fingerprint density at radius 1 is 1.38 bits per heavy atom. The summed E-state index contributed by atoms with van der Waals surface area (Å²) in [6, 6.07) is -0.296. The SMILES string of the molecule is CC1(C)SC[C@H](C(=O)NC2CCN(c3cnccn3)CC2)NC1=O. The van der Waals surface area contributed by atoms with Gasteiger partial charge >= 0.3 is 0 Å². The molecule has 0 aliphatic carbocycles. The van der Waals surface area contributed by atoms with Crippen molar-refractivity contribution in [3.63, 3.8) is 0 Å². The van der Waals surface area contributed by atoms with E-state index in [2.05, 4.69) is 25.5 Å². The van der Waals surface area contributed by atoms with Crippen molar-refractivity contribution < 1.29 is 9.59 Å². The minimum atomic E-state index is -0.459. The van der Waals surface area contributed by atoms with Gasteiger partial charge in [0.2, 0.25) is 11.8 Å². The van der Waals surface area contributed by atoms with E-state index in [1.807, 2.05) is 13.8 Å². The van der Waals surface area contributed by atoms with Gasteiger partial charge in [-0.2, -0.15) is 0 Å². The maximum atomic E-state index is 12.4. The van der Waals surface area contributed by atoms with E-state index in [9.17, 15) is 9.59 Å². The molecule has 0 aromatic carbocycles. The van der Waals surface area contributed by atoms with Gasteiger partial charge in [0.05, 0.1) is 10.9 Å². The molecule has 2 aliphatic rings. The molecule has 7 nitrogen and oxygen atoms in total. The van der Waals surface area contributed by atoms with Crippen LogP contribution in [-0.2, 0) is 9.59 Å². The third-order valence-electron chi connectivity index (χ3n) is 4.49. The summed E-state index contributed by atoms with van der Waals surface area (Å²) >= 11 is 1.53. The van der Waals surface area contributed by atoms with Crippen LogP contribution in [0.4, 0.5) is 5.82 Å². The Morgan fingerprint density at radius 3 is 2.75 bits per heavy atom. The van der Waals surface area contributed by atoms with Crippen molar-refractivity contribution in [2.24, 2.45) is 0 Å². The zero-order valence-corrected chi connectivity index (χ0v) is 14.8. The highest BCUT2D eigenvalue weighted by molar-refractivity contribution is 8.01. The van der Waals surface area contributed by atoms with Crippen LogP contribution in [0.3, 0.4) is 0 Å². The summed E-state index contributed by atoms with van der Waals surface area (Å²) < 4.78 is -0.459. The number of thioether (sulfide) groups is 1. The number of piperidine rings is 1. The standard InChI is InChI=1S/C16H23N5O2S/c1-16(2)15(23)20-12(10-24-16)14(22)19-11-3-7-21(8-4-11)13-9-17-5-6-18-13/h5-6,9,11-12H,3-4,7-8,10H2,1-2H3,(H,19,22)(H,20,23)/t12-/m1/s1. The van der Waals surface area contributed by atoms with E-state index in [0.717, 1.165) is 31.7 Å². The van der Waals surface area contributed by atoms with E-state index in [1.54, 1.807) is 18.6 Å². The molecule has 2 amide bonds. The molecule has 3 heterocycles. The molecule has 0 unspecified atom stereocenters. The first-order valence-corrected chi connectivity index (χ1v) is 9.20. The van der Waals surface area contributed by atoms with Gasteiger partial charge in [0.25, 0.3) is 0 Å². The van der Waals surface area contributed by atoms with Crippen LogP contribution < -0.4 is 15.5 Å². The molecule has 2 N–H and O–H groups in total. The highest BCUT2D eigenvalue weighted by Crippen LogP contribution is 2.29. The van der Waals surface area contributed by atoms with Crippen LogP contribution in [0.15, 0.2) is 18.6 Å². The van der Waals surface area contributed by atoms with E-state index >= 15 is 0 Å². The van der Waals surface area contributed by atoms with E-state index in [0.29, 0.717) is 5.75 Å². The van der Waals surface area contributed by atoms with Crippen LogP contribution in [-0.4, -0.2) is 57.5 Å². The third kappa shape index (κ3) is 3.80. The Labute approximate surface area is 146 Å². The van der Waals surface area contributed by atoms with Gasteiger partial charge in [-0.25, -0.2) is 4.98 Å². The number of nitrogens with one attached hydrogen (secondary N) is 2. The Balaban J connectivity index is 1.48. The summed E-state index contributed by atoms with van der Waals surface area (Å²) in [6.07, 6.45) is 6.83. The van der Waals surface area contributed by atoms with Crippen molar-refractivity contribution in [3.8, 4) is 0 Å². The summed E-state index contributed by atoms with van der Waals surface area (Å²) in [5, 5.41) is 5.91. The van der Waals surface area contributed by atoms with Gasteiger partial charge in [-0.1, -0.05) is 0 Å². The predicted octanol–water partition coefficient (Wildman–Crippen LogP) is 0.572. The van der Waals surface area contributed by atoms with Crippen molar-refractivity contribution in [1.29, 1.82) is 0 Å². The molecular weight excluding hydrogens is 326 g/mol. The second kappa shape index (κ2) is 6.96. The van der Waals surface area contributed by atoms with Crippen LogP contribution in [0, 0.1) is 0 Å². The highest BCUT2D eigenvalue weighted by atomic mass is 32.2. The molecule has 0 saturated carbocycles. The minimum absolute atomic E-state index is 0.0728. The fraction of sp³-hybridized carbons (Fsp3) is 0.625. The van der Waals surface area contributed by atoms with Crippen molar-refractivity contribution in [2.75, 3.05) is 23.7 Å². The van der Waals surface area contributed by atoms with Crippen molar-refractivity contribution in [1.82, 2.24) is 20.6 Å². The molecule has 1 atom stereocenters. The summed E-state index contributed by atoms with van der Waals surface area (Å²) in [5.41, 5.74) is 0. The summed E-state index contributed by atoms with van der Waals surface area (Å²) in [7, 11) is 0. The van der Waals surface area contributed by atoms with Crippen molar-refractivity contribution in [2.45, 2.75) is 43.5 Å². The molecule has 0 radical (unpaired) electrons. The van der Waals surface area contributed by atoms with E-state index < -0.39 is 10.8 Å². The summed E-state index contributed by atoms with van der Waals surface area (Å²) in [4.78, 5) is 35.0. The van der Waals surface area contributed by atoms with Gasteiger partial charge in [-0.15, -0.1) is 11.8 Å². The molecule has 24 heavy (non-hydrogen) atoms. The zero-order chi connectivity index (χ0) is 17.2. The smallest absolute Gasteiger partial charge is 0.243 e. The van der Waals surface area contributed by atoms with E-state index in [-0.39, 0.29) is 17.9 Å². The number of anilines is 1. The summed E-state index contributed by atoms with van der Waals surface area (Å²) in [5.74, 6) is 1.34. The molecular formula is C16H23N5O2S. The quantitative estimate of drug-likeness (QED) is 0.830. The molecule has 130 valence electrons. The first kappa shape index (κ1) is 17.0. The molecule has 0 bridgehead atoms. The molecule has 2 fully saturated rings. The van der Waals surface area contributed by atoms with Crippen molar-refractivity contribution >= 4 is 29.4 Å². The Bertz CT molecular complexity index is 602. The maximum absolute atomic E-state index is 12.4. The number of rotatable bonds is 3. The van der Waals surface area contributed by atoms with Gasteiger partial charge in [0.15, 0.2) is 0 Å². The largest absolute Gasteiger partial charge is 0.355 e. The number of carbonyl (C=O) groups excluding carboxylic acids is 2. The van der Waals surface area contributed by atoms with Crippen LogP contribution in [0.2, 0.25) is 0 Å². The Kier molecular flexibility index (Phi) is 4.93. The second-order valence-electron chi connectivity index (χ2n) is 6.68. The number of aromatic nitrogens is 2. The lowest BCUT2D eigenvalue weighted by atomic mass is 10.0. The Hall–Kier alpha value is -1.83. The van der Waals surface area contributed by atoms with E-state index in [4.69, 9.17) is 0 Å². The molecule has 0 spiro atoms. The Morgan fingerprint density at radius 2 is 2.12 bits per heavy atom. The van der Waals surface area contributed by atoms with Gasteiger partial charge in [0.1, 0.15) is 11.9 Å². The lowest BCUT2D eigenvalue weighted by Gasteiger charge is -2.36. The van der Waals surface area contributed by atoms with Crippen LogP contribution in [0.5, 0.6) is 0 Å². The number of hydrogen-bond acceptors (Lipinski definition) is 6. The van der Waals surface area contributed by atoms with Crippen LogP contribution >= 0.6 is 11.8 Å². The van der Waals surface area contributed by atoms with Crippen molar-refractivity contribution in [3.05, 3.63) is 18.6 Å². The molecule has 3 rings (SSSR count). The van der Waals surface area contributed by atoms with Gasteiger partial charge < -0.3 is 15.5 Å². The lowest BCUT2D eigenvalue weighted by molar-refractivity contribution is -0.130. The molecule has 2 aliphatic heterocycles. The number of nitrogens with zero attached hydrogens (tertiary/aromatic N) is 3. The normalized spacial score (nSPS) is 24.3.